The van der Waals surface area contributed by atoms with Crippen molar-refractivity contribution in [2.45, 2.75) is 5.88 Å². The van der Waals surface area contributed by atoms with Crippen LogP contribution < -0.4 is 0 Å². The molecule has 1 aromatic heterocycles. The fraction of sp³-hybridized carbons (Fsp3) is 0.0714. The van der Waals surface area contributed by atoms with E-state index in [0.29, 0.717) is 5.88 Å². The minimum Gasteiger partial charge on any atom is -0.299 e. The average molecular weight is 322 g/mol. The van der Waals surface area contributed by atoms with E-state index in [0.717, 1.165) is 26.8 Å². The molecule has 0 aliphatic rings. The van der Waals surface area contributed by atoms with Gasteiger partial charge < -0.3 is 0 Å². The number of benzene rings is 2. The lowest BCUT2D eigenvalue weighted by atomic mass is 10.2. The number of fused-ring (bicyclic) bond motifs is 1. The van der Waals surface area contributed by atoms with Gasteiger partial charge in [-0.3, -0.25) is 4.57 Å². The molecule has 0 aliphatic carbocycles. The lowest BCUT2D eigenvalue weighted by Gasteiger charge is -2.07. The van der Waals surface area contributed by atoms with E-state index in [1.807, 2.05) is 30.6 Å². The summed E-state index contributed by atoms with van der Waals surface area (Å²) in [4.78, 5) is 4.39. The van der Waals surface area contributed by atoms with Crippen LogP contribution in [0.25, 0.3) is 16.7 Å². The summed E-state index contributed by atoms with van der Waals surface area (Å²) in [6, 6.07) is 14.2. The number of aromatic nitrogens is 2. The number of halogens is 2. The molecular weight excluding hydrogens is 312 g/mol. The third kappa shape index (κ3) is 1.93. The van der Waals surface area contributed by atoms with Gasteiger partial charge in [0.25, 0.3) is 0 Å². The van der Waals surface area contributed by atoms with E-state index in [2.05, 4.69) is 43.7 Å². The number of alkyl halides is 1. The molecule has 0 amide bonds. The molecule has 1 heterocycles. The predicted molar refractivity (Wildman–Crippen MR) is 78.3 cm³/mol. The number of hydrogen-bond acceptors (Lipinski definition) is 1. The Labute approximate surface area is 118 Å². The fourth-order valence-electron chi connectivity index (χ4n) is 1.96. The highest BCUT2D eigenvalue weighted by molar-refractivity contribution is 9.10. The Bertz CT molecular complexity index is 706. The zero-order chi connectivity index (χ0) is 12.5. The first kappa shape index (κ1) is 11.8. The minimum atomic E-state index is 0.505. The molecule has 2 nitrogen and oxygen atoms in total. The van der Waals surface area contributed by atoms with Gasteiger partial charge >= 0.3 is 0 Å². The minimum absolute atomic E-state index is 0.505. The number of imidazole rings is 1. The molecule has 0 bridgehead atoms. The van der Waals surface area contributed by atoms with Crippen molar-refractivity contribution in [2.24, 2.45) is 0 Å². The zero-order valence-corrected chi connectivity index (χ0v) is 11.8. The van der Waals surface area contributed by atoms with E-state index in [1.165, 1.54) is 0 Å². The topological polar surface area (TPSA) is 17.8 Å². The third-order valence-electron chi connectivity index (χ3n) is 2.91. The van der Waals surface area contributed by atoms with Gasteiger partial charge in [0.05, 0.1) is 11.0 Å². The van der Waals surface area contributed by atoms with Crippen LogP contribution in [0.15, 0.2) is 53.3 Å². The molecule has 0 atom stereocenters. The molecule has 3 aromatic rings. The molecule has 0 saturated carbocycles. The van der Waals surface area contributed by atoms with Gasteiger partial charge in [-0.2, -0.15) is 0 Å². The van der Waals surface area contributed by atoms with Crippen molar-refractivity contribution in [2.75, 3.05) is 0 Å². The largest absolute Gasteiger partial charge is 0.299 e. The first-order chi connectivity index (χ1) is 8.79. The van der Waals surface area contributed by atoms with Crippen LogP contribution in [0.5, 0.6) is 0 Å². The van der Waals surface area contributed by atoms with Crippen LogP contribution >= 0.6 is 27.5 Å². The van der Waals surface area contributed by atoms with E-state index in [-0.39, 0.29) is 0 Å². The molecule has 90 valence electrons. The maximum atomic E-state index is 5.86. The first-order valence-electron chi connectivity index (χ1n) is 5.56. The Morgan fingerprint density at radius 3 is 2.78 bits per heavy atom. The second-order valence-corrected chi connectivity index (χ2v) is 5.13. The number of rotatable bonds is 2. The van der Waals surface area contributed by atoms with Gasteiger partial charge in [-0.1, -0.05) is 34.1 Å². The third-order valence-corrected chi connectivity index (χ3v) is 3.94. The van der Waals surface area contributed by atoms with Gasteiger partial charge in [0.2, 0.25) is 0 Å². The van der Waals surface area contributed by atoms with Gasteiger partial charge in [0.1, 0.15) is 6.33 Å². The van der Waals surface area contributed by atoms with E-state index in [9.17, 15) is 0 Å². The maximum Gasteiger partial charge on any atom is 0.100 e. The van der Waals surface area contributed by atoms with Crippen LogP contribution in [0.3, 0.4) is 0 Å². The monoisotopic (exact) mass is 320 g/mol. The molecule has 0 spiro atoms. The van der Waals surface area contributed by atoms with E-state index < -0.39 is 0 Å². The SMILES string of the molecule is ClCc1ccc(-n2cnc3ccccc32)cc1Br. The molecule has 2 aromatic carbocycles. The summed E-state index contributed by atoms with van der Waals surface area (Å²) >= 11 is 9.39. The zero-order valence-electron chi connectivity index (χ0n) is 9.48. The molecular formula is C14H10BrClN2. The lowest BCUT2D eigenvalue weighted by Crippen LogP contribution is -1.93. The Balaban J connectivity index is 2.17. The van der Waals surface area contributed by atoms with Gasteiger partial charge in [-0.25, -0.2) is 4.98 Å². The van der Waals surface area contributed by atoms with Crippen LogP contribution in [-0.2, 0) is 5.88 Å². The number of hydrogen-bond donors (Lipinski definition) is 0. The highest BCUT2D eigenvalue weighted by Crippen LogP contribution is 2.24. The number of nitrogens with zero attached hydrogens (tertiary/aromatic N) is 2. The van der Waals surface area contributed by atoms with Gasteiger partial charge in [0, 0.05) is 16.0 Å². The summed E-state index contributed by atoms with van der Waals surface area (Å²) in [5.41, 5.74) is 4.26. The quantitative estimate of drug-likeness (QED) is 0.634. The van der Waals surface area contributed by atoms with E-state index in [4.69, 9.17) is 11.6 Å². The molecule has 0 fully saturated rings. The van der Waals surface area contributed by atoms with Crippen LogP contribution in [0.1, 0.15) is 5.56 Å². The second kappa shape index (κ2) is 4.75. The van der Waals surface area contributed by atoms with Crippen molar-refractivity contribution in [3.63, 3.8) is 0 Å². The van der Waals surface area contributed by atoms with Crippen molar-refractivity contribution >= 4 is 38.6 Å². The summed E-state index contributed by atoms with van der Waals surface area (Å²) < 4.78 is 3.09. The maximum absolute atomic E-state index is 5.86. The van der Waals surface area contributed by atoms with Crippen LogP contribution in [0, 0.1) is 0 Å². The molecule has 0 unspecified atom stereocenters. The predicted octanol–water partition coefficient (Wildman–Crippen LogP) is 4.53. The molecule has 0 radical (unpaired) electrons. The van der Waals surface area contributed by atoms with Crippen LogP contribution in [0.2, 0.25) is 0 Å². The van der Waals surface area contributed by atoms with Crippen molar-refractivity contribution in [1.29, 1.82) is 0 Å². The smallest absolute Gasteiger partial charge is 0.100 e. The Morgan fingerprint density at radius 1 is 1.17 bits per heavy atom. The van der Waals surface area contributed by atoms with Gasteiger partial charge in [-0.15, -0.1) is 11.6 Å². The molecule has 4 heteroatoms. The Kier molecular flexibility index (Phi) is 3.10. The van der Waals surface area contributed by atoms with Crippen molar-refractivity contribution in [1.82, 2.24) is 9.55 Å². The van der Waals surface area contributed by atoms with E-state index in [1.54, 1.807) is 0 Å². The van der Waals surface area contributed by atoms with Gasteiger partial charge in [0.15, 0.2) is 0 Å². The van der Waals surface area contributed by atoms with Crippen molar-refractivity contribution in [3.8, 4) is 5.69 Å². The summed E-state index contributed by atoms with van der Waals surface area (Å²) in [6.45, 7) is 0. The standard InChI is InChI=1S/C14H10BrClN2/c15-12-7-11(6-5-10(12)8-16)18-9-17-13-3-1-2-4-14(13)18/h1-7,9H,8H2. The van der Waals surface area contributed by atoms with Crippen molar-refractivity contribution in [3.05, 3.63) is 58.8 Å². The Hall–Kier alpha value is -1.32. The summed E-state index contributed by atoms with van der Waals surface area (Å²) in [5.74, 6) is 0.505. The normalized spacial score (nSPS) is 11.0. The number of para-hydroxylation sites is 2. The summed E-state index contributed by atoms with van der Waals surface area (Å²) in [5, 5.41) is 0. The molecule has 18 heavy (non-hydrogen) atoms. The van der Waals surface area contributed by atoms with Crippen molar-refractivity contribution < 1.29 is 0 Å². The second-order valence-electron chi connectivity index (χ2n) is 4.01. The Morgan fingerprint density at radius 2 is 2.00 bits per heavy atom. The molecule has 0 aliphatic heterocycles. The van der Waals surface area contributed by atoms with E-state index >= 15 is 0 Å². The van der Waals surface area contributed by atoms with Crippen LogP contribution in [-0.4, -0.2) is 9.55 Å². The lowest BCUT2D eigenvalue weighted by molar-refractivity contribution is 1.09. The van der Waals surface area contributed by atoms with Crippen LogP contribution in [0.4, 0.5) is 0 Å². The summed E-state index contributed by atoms with van der Waals surface area (Å²) in [7, 11) is 0. The molecule has 0 N–H and O–H groups in total. The average Bonchev–Trinajstić information content (AvgIpc) is 2.82. The fourth-order valence-corrected chi connectivity index (χ4v) is 2.86. The molecule has 0 saturated heterocycles. The van der Waals surface area contributed by atoms with Gasteiger partial charge in [-0.05, 0) is 29.8 Å². The highest BCUT2D eigenvalue weighted by Gasteiger charge is 2.06. The molecule has 3 rings (SSSR count). The highest BCUT2D eigenvalue weighted by atomic mass is 79.9. The first-order valence-corrected chi connectivity index (χ1v) is 6.89. The summed E-state index contributed by atoms with van der Waals surface area (Å²) in [6.07, 6.45) is 1.84.